The Morgan fingerprint density at radius 1 is 0.960 bits per heavy atom. The molecule has 5 nitrogen and oxygen atoms in total. The molecule has 0 aliphatic rings. The van der Waals surface area contributed by atoms with Crippen LogP contribution in [0.25, 0.3) is 0 Å². The summed E-state index contributed by atoms with van der Waals surface area (Å²) < 4.78 is 9.51. The Kier molecular flexibility index (Phi) is 6.27. The van der Waals surface area contributed by atoms with Gasteiger partial charge in [-0.05, 0) is 40.9 Å². The highest BCUT2D eigenvalue weighted by atomic mass is 16.5. The lowest BCUT2D eigenvalue weighted by molar-refractivity contribution is 0.0592. The van der Waals surface area contributed by atoms with Crippen LogP contribution < -0.4 is 0 Å². The molecule has 0 amide bonds. The average Bonchev–Trinajstić information content (AvgIpc) is 2.49. The van der Waals surface area contributed by atoms with E-state index in [2.05, 4.69) is 41.5 Å². The molecule has 0 heterocycles. The first-order valence-corrected chi connectivity index (χ1v) is 8.35. The number of phenolic OH excluding ortho intramolecular Hbond substituents is 1. The van der Waals surface area contributed by atoms with E-state index in [-0.39, 0.29) is 27.9 Å². The summed E-state index contributed by atoms with van der Waals surface area (Å²) in [6.45, 7) is 12.8. The number of carbonyl (C=O) groups excluding carboxylic acids is 2. The lowest BCUT2D eigenvalue weighted by Gasteiger charge is -2.36. The van der Waals surface area contributed by atoms with Gasteiger partial charge in [0.25, 0.3) is 0 Å². The number of carbonyl (C=O) groups is 2. The van der Waals surface area contributed by atoms with Crippen LogP contribution in [0, 0.1) is 10.8 Å². The molecule has 0 radical (unpaired) electrons. The van der Waals surface area contributed by atoms with Gasteiger partial charge in [-0.1, -0.05) is 41.5 Å². The molecule has 25 heavy (non-hydrogen) atoms. The molecule has 0 saturated heterocycles. The smallest absolute Gasteiger partial charge is 0.341 e. The Morgan fingerprint density at radius 2 is 1.36 bits per heavy atom. The first-order chi connectivity index (χ1) is 11.3. The molecule has 5 heteroatoms. The first kappa shape index (κ1) is 21.0. The van der Waals surface area contributed by atoms with Crippen molar-refractivity contribution in [1.82, 2.24) is 0 Å². The van der Waals surface area contributed by atoms with Crippen LogP contribution in [0.15, 0.2) is 12.1 Å². The largest absolute Gasteiger partial charge is 0.506 e. The van der Waals surface area contributed by atoms with Crippen molar-refractivity contribution in [3.05, 3.63) is 28.8 Å². The monoisotopic (exact) mass is 350 g/mol. The van der Waals surface area contributed by atoms with Crippen molar-refractivity contribution in [3.8, 4) is 5.75 Å². The molecule has 1 N–H and O–H groups in total. The molecule has 1 atom stereocenters. The minimum atomic E-state index is -0.687. The third kappa shape index (κ3) is 5.21. The minimum Gasteiger partial charge on any atom is -0.506 e. The molecule has 0 aromatic heterocycles. The van der Waals surface area contributed by atoms with Gasteiger partial charge in [0.15, 0.2) is 0 Å². The van der Waals surface area contributed by atoms with E-state index in [1.54, 1.807) is 12.1 Å². The number of benzene rings is 1. The second kappa shape index (κ2) is 7.46. The molecule has 0 aliphatic carbocycles. The maximum Gasteiger partial charge on any atom is 0.341 e. The van der Waals surface area contributed by atoms with E-state index >= 15 is 0 Å². The van der Waals surface area contributed by atoms with Crippen LogP contribution in [0.4, 0.5) is 0 Å². The summed E-state index contributed by atoms with van der Waals surface area (Å²) in [5, 5.41) is 10.3. The molecular formula is C20H30O5. The van der Waals surface area contributed by atoms with E-state index in [1.807, 2.05) is 0 Å². The predicted octanol–water partition coefficient (Wildman–Crippen LogP) is 4.53. The van der Waals surface area contributed by atoms with Gasteiger partial charge < -0.3 is 14.6 Å². The Bertz CT molecular complexity index is 610. The highest BCUT2D eigenvalue weighted by Gasteiger charge is 2.33. The van der Waals surface area contributed by atoms with Gasteiger partial charge in [0.2, 0.25) is 0 Å². The maximum absolute atomic E-state index is 12.1. The summed E-state index contributed by atoms with van der Waals surface area (Å²) >= 11 is 0. The molecule has 0 fully saturated rings. The Hall–Kier alpha value is -2.04. The quantitative estimate of drug-likeness (QED) is 0.808. The molecule has 0 spiro atoms. The zero-order valence-electron chi connectivity index (χ0n) is 16.5. The fourth-order valence-electron chi connectivity index (χ4n) is 2.93. The van der Waals surface area contributed by atoms with Crippen molar-refractivity contribution >= 4 is 11.9 Å². The molecular weight excluding hydrogens is 320 g/mol. The molecule has 1 aromatic rings. The third-order valence-corrected chi connectivity index (χ3v) is 4.21. The molecule has 1 aromatic carbocycles. The van der Waals surface area contributed by atoms with E-state index in [0.29, 0.717) is 0 Å². The normalized spacial score (nSPS) is 13.3. The van der Waals surface area contributed by atoms with Gasteiger partial charge in [0, 0.05) is 0 Å². The maximum atomic E-state index is 12.1. The Morgan fingerprint density at radius 3 is 1.64 bits per heavy atom. The van der Waals surface area contributed by atoms with Gasteiger partial charge in [-0.3, -0.25) is 0 Å². The van der Waals surface area contributed by atoms with Crippen LogP contribution in [0.2, 0.25) is 0 Å². The van der Waals surface area contributed by atoms with Crippen molar-refractivity contribution in [2.24, 2.45) is 10.8 Å². The van der Waals surface area contributed by atoms with Crippen LogP contribution in [0.1, 0.15) is 80.2 Å². The summed E-state index contributed by atoms with van der Waals surface area (Å²) in [6, 6.07) is 3.24. The second-order valence-electron chi connectivity index (χ2n) is 8.63. The number of ether oxygens (including phenoxy) is 2. The number of hydrogen-bond acceptors (Lipinski definition) is 5. The van der Waals surface area contributed by atoms with Crippen molar-refractivity contribution < 1.29 is 24.2 Å². The lowest BCUT2D eigenvalue weighted by atomic mass is 9.68. The topological polar surface area (TPSA) is 72.8 Å². The molecule has 0 aliphatic heterocycles. The van der Waals surface area contributed by atoms with Crippen molar-refractivity contribution in [2.45, 2.75) is 53.9 Å². The van der Waals surface area contributed by atoms with E-state index in [9.17, 15) is 14.7 Å². The van der Waals surface area contributed by atoms with E-state index < -0.39 is 17.7 Å². The van der Waals surface area contributed by atoms with Gasteiger partial charge in [-0.25, -0.2) is 9.59 Å². The van der Waals surface area contributed by atoms with Crippen molar-refractivity contribution in [3.63, 3.8) is 0 Å². The minimum absolute atomic E-state index is 0.0245. The number of rotatable bonds is 4. The fourth-order valence-corrected chi connectivity index (χ4v) is 2.93. The zero-order valence-corrected chi connectivity index (χ0v) is 16.5. The lowest BCUT2D eigenvalue weighted by Crippen LogP contribution is -2.24. The van der Waals surface area contributed by atoms with Crippen LogP contribution in [0.3, 0.4) is 0 Å². The summed E-state index contributed by atoms with van der Waals surface area (Å²) in [7, 11) is 2.48. The van der Waals surface area contributed by atoms with E-state index in [4.69, 9.17) is 9.47 Å². The van der Waals surface area contributed by atoms with Gasteiger partial charge in [0.1, 0.15) is 16.9 Å². The number of esters is 2. The summed E-state index contributed by atoms with van der Waals surface area (Å²) in [6.07, 6.45) is 0.850. The number of hydrogen-bond donors (Lipinski definition) is 1. The zero-order chi connectivity index (χ0) is 19.6. The molecule has 0 bridgehead atoms. The van der Waals surface area contributed by atoms with E-state index in [1.165, 1.54) is 14.2 Å². The number of aromatic hydroxyl groups is 1. The van der Waals surface area contributed by atoms with Gasteiger partial charge in [-0.15, -0.1) is 0 Å². The highest BCUT2D eigenvalue weighted by molar-refractivity contribution is 6.00. The molecule has 0 saturated carbocycles. The summed E-state index contributed by atoms with van der Waals surface area (Å²) in [5.41, 5.74) is 0.700. The van der Waals surface area contributed by atoms with Gasteiger partial charge >= 0.3 is 11.9 Å². The second-order valence-corrected chi connectivity index (χ2v) is 8.63. The fraction of sp³-hybridized carbons (Fsp3) is 0.600. The third-order valence-electron chi connectivity index (χ3n) is 4.21. The highest BCUT2D eigenvalue weighted by Crippen LogP contribution is 2.44. The SMILES string of the molecule is COC(=O)c1cc(C(CC(C)(C)C)C(C)(C)C)cc(C(=O)OC)c1O. The number of methoxy groups -OCH3 is 2. The van der Waals surface area contributed by atoms with E-state index in [0.717, 1.165) is 12.0 Å². The predicted molar refractivity (Wildman–Crippen MR) is 97.1 cm³/mol. The van der Waals surface area contributed by atoms with Crippen molar-refractivity contribution in [1.29, 1.82) is 0 Å². The van der Waals surface area contributed by atoms with Crippen molar-refractivity contribution in [2.75, 3.05) is 14.2 Å². The average molecular weight is 350 g/mol. The van der Waals surface area contributed by atoms with Crippen LogP contribution in [-0.4, -0.2) is 31.3 Å². The van der Waals surface area contributed by atoms with Gasteiger partial charge in [0.05, 0.1) is 14.2 Å². The van der Waals surface area contributed by atoms with Gasteiger partial charge in [-0.2, -0.15) is 0 Å². The Labute approximate surface area is 150 Å². The number of phenols is 1. The standard InChI is InChI=1S/C20H30O5/c1-19(2,3)11-15(20(4,5)6)12-9-13(17(22)24-7)16(21)14(10-12)18(23)25-8/h9-10,15,21H,11H2,1-8H3. The molecule has 1 rings (SSSR count). The first-order valence-electron chi connectivity index (χ1n) is 8.35. The van der Waals surface area contributed by atoms with Crippen LogP contribution in [0.5, 0.6) is 5.75 Å². The van der Waals surface area contributed by atoms with Crippen LogP contribution >= 0.6 is 0 Å². The summed E-state index contributed by atoms with van der Waals surface area (Å²) in [5.74, 6) is -1.72. The Balaban J connectivity index is 3.65. The summed E-state index contributed by atoms with van der Waals surface area (Å²) in [4.78, 5) is 24.1. The molecule has 140 valence electrons. The van der Waals surface area contributed by atoms with Crippen LogP contribution in [-0.2, 0) is 9.47 Å². The molecule has 1 unspecified atom stereocenters.